The molecule has 162 valence electrons. The molecule has 0 aromatic carbocycles. The summed E-state index contributed by atoms with van der Waals surface area (Å²) >= 11 is 0. The number of aliphatic carboxylic acids is 3. The second-order valence-electron chi connectivity index (χ2n) is 6.44. The summed E-state index contributed by atoms with van der Waals surface area (Å²) in [4.78, 5) is 40.8. The summed E-state index contributed by atoms with van der Waals surface area (Å²) < 4.78 is 0. The molecule has 11 heteroatoms. The molecule has 0 radical (unpaired) electrons. The average molecular weight is 549 g/mol. The van der Waals surface area contributed by atoms with Gasteiger partial charge < -0.3 is 20.2 Å². The van der Waals surface area contributed by atoms with Crippen LogP contribution in [0.2, 0.25) is 0 Å². The molecule has 1 fully saturated rings. The third kappa shape index (κ3) is 12.5. The quantitative estimate of drug-likeness (QED) is 0.345. The van der Waals surface area contributed by atoms with Gasteiger partial charge in [-0.25, -0.2) is 0 Å². The Hall–Kier alpha value is -0.516. The van der Waals surface area contributed by atoms with E-state index in [2.05, 4.69) is 4.90 Å². The van der Waals surface area contributed by atoms with E-state index in [9.17, 15) is 14.4 Å². The van der Waals surface area contributed by atoms with Crippen LogP contribution in [0.4, 0.5) is 0 Å². The minimum Gasteiger partial charge on any atom is -0.480 e. The van der Waals surface area contributed by atoms with Crippen LogP contribution < -0.4 is 0 Å². The zero-order valence-corrected chi connectivity index (χ0v) is 17.3. The van der Waals surface area contributed by atoms with Gasteiger partial charge in [0.15, 0.2) is 0 Å². The van der Waals surface area contributed by atoms with Gasteiger partial charge in [-0.15, -0.1) is 0 Å². The molecule has 1 heterocycles. The minimum atomic E-state index is -0.955. The van der Waals surface area contributed by atoms with Gasteiger partial charge in [0.05, 0.1) is 19.6 Å². The fourth-order valence-corrected chi connectivity index (χ4v) is 2.94. The Morgan fingerprint density at radius 3 is 1.00 bits per heavy atom. The molecule has 0 bridgehead atoms. The van der Waals surface area contributed by atoms with Gasteiger partial charge in [-0.1, -0.05) is 6.92 Å². The van der Waals surface area contributed by atoms with Crippen LogP contribution in [0, 0.1) is 36.9 Å². The van der Waals surface area contributed by atoms with Crippen molar-refractivity contribution < 1.29 is 66.6 Å². The molecular weight excluding hydrogens is 519 g/mol. The van der Waals surface area contributed by atoms with E-state index in [4.69, 9.17) is 15.3 Å². The van der Waals surface area contributed by atoms with Crippen molar-refractivity contribution in [2.45, 2.75) is 6.92 Å². The Labute approximate surface area is 188 Å². The first kappa shape index (κ1) is 26.5. The van der Waals surface area contributed by atoms with E-state index in [0.29, 0.717) is 52.4 Å². The van der Waals surface area contributed by atoms with Crippen LogP contribution in [-0.2, 0) is 14.4 Å². The number of carboxylic acid groups (broad SMARTS) is 3. The number of likely N-dealkylation sites (N-methyl/N-ethyl adjacent to an activating group) is 1. The molecule has 27 heavy (non-hydrogen) atoms. The molecule has 1 rings (SSSR count). The summed E-state index contributed by atoms with van der Waals surface area (Å²) in [5, 5.41) is 27.2. The van der Waals surface area contributed by atoms with Gasteiger partial charge in [-0.05, 0) is 6.54 Å². The van der Waals surface area contributed by atoms with Crippen molar-refractivity contribution in [3.8, 4) is 0 Å². The SMILES string of the molecule is CCN1CCN(CC(=O)O)CCN(CC(=O)O)CCN(CC(=O)O)CC1.[Lu+3]. The predicted octanol–water partition coefficient (Wildman–Crippen LogP) is -1.52. The first-order valence-electron chi connectivity index (χ1n) is 8.85. The largest absolute Gasteiger partial charge is 3.00 e. The van der Waals surface area contributed by atoms with Crippen molar-refractivity contribution in [1.82, 2.24) is 19.6 Å². The van der Waals surface area contributed by atoms with Crippen LogP contribution in [0.5, 0.6) is 0 Å². The summed E-state index contributed by atoms with van der Waals surface area (Å²) in [5.41, 5.74) is 0. The number of nitrogens with zero attached hydrogens (tertiary/aromatic N) is 4. The van der Waals surface area contributed by atoms with Crippen LogP contribution in [0.3, 0.4) is 0 Å². The monoisotopic (exact) mass is 549 g/mol. The minimum absolute atomic E-state index is 0. The molecule has 1 saturated heterocycles. The van der Waals surface area contributed by atoms with Gasteiger partial charge in [-0.2, -0.15) is 0 Å². The second kappa shape index (κ2) is 14.5. The van der Waals surface area contributed by atoms with E-state index in [1.165, 1.54) is 0 Å². The number of hydrogen-bond donors (Lipinski definition) is 3. The van der Waals surface area contributed by atoms with E-state index in [1.54, 1.807) is 4.90 Å². The van der Waals surface area contributed by atoms with E-state index >= 15 is 0 Å². The summed E-state index contributed by atoms with van der Waals surface area (Å²) in [6, 6.07) is 0. The zero-order valence-electron chi connectivity index (χ0n) is 15.6. The maximum absolute atomic E-state index is 11.1. The normalized spacial score (nSPS) is 19.4. The number of rotatable bonds is 7. The second-order valence-corrected chi connectivity index (χ2v) is 6.44. The molecule has 1 aliphatic rings. The molecule has 0 aromatic heterocycles. The summed E-state index contributed by atoms with van der Waals surface area (Å²) in [6.07, 6.45) is 0. The molecule has 1 aliphatic heterocycles. The van der Waals surface area contributed by atoms with Gasteiger partial charge in [-0.3, -0.25) is 29.1 Å². The van der Waals surface area contributed by atoms with Gasteiger partial charge in [0.1, 0.15) is 0 Å². The van der Waals surface area contributed by atoms with Crippen molar-refractivity contribution >= 4 is 17.9 Å². The molecule has 0 unspecified atom stereocenters. The van der Waals surface area contributed by atoms with Crippen LogP contribution >= 0.6 is 0 Å². The van der Waals surface area contributed by atoms with E-state index in [1.807, 2.05) is 16.7 Å². The molecule has 10 nitrogen and oxygen atoms in total. The maximum Gasteiger partial charge on any atom is 3.00 e. The first-order valence-corrected chi connectivity index (χ1v) is 8.85. The molecule has 0 aliphatic carbocycles. The van der Waals surface area contributed by atoms with Crippen LogP contribution in [-0.4, -0.2) is 131 Å². The predicted molar refractivity (Wildman–Crippen MR) is 94.3 cm³/mol. The smallest absolute Gasteiger partial charge is 0.480 e. The third-order valence-electron chi connectivity index (χ3n) is 4.45. The average Bonchev–Trinajstić information content (AvgIpc) is 2.53. The van der Waals surface area contributed by atoms with E-state index in [0.717, 1.165) is 6.54 Å². The Bertz CT molecular complexity index is 450. The van der Waals surface area contributed by atoms with Crippen molar-refractivity contribution in [2.75, 3.05) is 78.5 Å². The molecular formula is C16H30LuN4O6+3. The molecule has 0 saturated carbocycles. The van der Waals surface area contributed by atoms with Crippen LogP contribution in [0.1, 0.15) is 6.92 Å². The standard InChI is InChI=1S/C16H30N4O6.Lu/c1-2-17-3-5-18(11-14(21)22)7-9-20(13-16(25)26)10-8-19(6-4-17)12-15(23)24;/h2-13H2,1H3,(H,21,22)(H,23,24)(H,25,26);/q;+3. The van der Waals surface area contributed by atoms with Crippen molar-refractivity contribution in [3.63, 3.8) is 0 Å². The maximum atomic E-state index is 11.1. The molecule has 0 amide bonds. The number of carboxylic acids is 3. The van der Waals surface area contributed by atoms with Crippen LogP contribution in [0.15, 0.2) is 0 Å². The van der Waals surface area contributed by atoms with Crippen molar-refractivity contribution in [2.24, 2.45) is 0 Å². The Kier molecular flexibility index (Phi) is 14.2. The van der Waals surface area contributed by atoms with Crippen molar-refractivity contribution in [3.05, 3.63) is 0 Å². The zero-order chi connectivity index (χ0) is 19.5. The molecule has 0 aromatic rings. The molecule has 3 N–H and O–H groups in total. The fourth-order valence-electron chi connectivity index (χ4n) is 2.94. The Balaban J connectivity index is 0.00000676. The topological polar surface area (TPSA) is 125 Å². The third-order valence-corrected chi connectivity index (χ3v) is 4.45. The Morgan fingerprint density at radius 2 is 0.815 bits per heavy atom. The van der Waals surface area contributed by atoms with Gasteiger partial charge >= 0.3 is 54.8 Å². The summed E-state index contributed by atoms with van der Waals surface area (Å²) in [6.45, 7) is 6.77. The molecule has 0 atom stereocenters. The summed E-state index contributed by atoms with van der Waals surface area (Å²) in [5.74, 6) is -2.76. The fraction of sp³-hybridized carbons (Fsp3) is 0.812. The number of carbonyl (C=O) groups is 3. The van der Waals surface area contributed by atoms with E-state index in [-0.39, 0.29) is 56.5 Å². The molecule has 0 spiro atoms. The van der Waals surface area contributed by atoms with Gasteiger partial charge in [0, 0.05) is 52.4 Å². The van der Waals surface area contributed by atoms with E-state index < -0.39 is 17.9 Å². The van der Waals surface area contributed by atoms with Gasteiger partial charge in [0.25, 0.3) is 0 Å². The first-order chi connectivity index (χ1) is 12.3. The van der Waals surface area contributed by atoms with Gasteiger partial charge in [0.2, 0.25) is 0 Å². The number of hydrogen-bond acceptors (Lipinski definition) is 7. The van der Waals surface area contributed by atoms with Crippen LogP contribution in [0.25, 0.3) is 0 Å². The Morgan fingerprint density at radius 1 is 0.593 bits per heavy atom. The van der Waals surface area contributed by atoms with Crippen molar-refractivity contribution in [1.29, 1.82) is 0 Å². The summed E-state index contributed by atoms with van der Waals surface area (Å²) in [7, 11) is 0.